The first kappa shape index (κ1) is 16.1. The van der Waals surface area contributed by atoms with Gasteiger partial charge in [0.1, 0.15) is 6.61 Å². The molecule has 0 atom stereocenters. The molecular formula is C11H20O6. The lowest BCUT2D eigenvalue weighted by atomic mass is 10.1. The number of carbonyl (C=O) groups excluding carboxylic acids is 1. The van der Waals surface area contributed by atoms with Crippen LogP contribution in [0, 0.1) is 0 Å². The standard InChI is InChI=1S/C11H20O6/c1-9(3-2-4-10(13)14)11(15)17-8-7-16-6-5-12/h10,12-14H,1-8H2. The normalized spacial score (nSPS) is 10.6. The molecule has 0 heterocycles. The maximum atomic E-state index is 11.3. The van der Waals surface area contributed by atoms with E-state index < -0.39 is 12.3 Å². The van der Waals surface area contributed by atoms with E-state index in [2.05, 4.69) is 6.58 Å². The van der Waals surface area contributed by atoms with Crippen LogP contribution in [0.1, 0.15) is 19.3 Å². The molecule has 17 heavy (non-hydrogen) atoms. The zero-order valence-electron chi connectivity index (χ0n) is 9.80. The number of hydrogen-bond acceptors (Lipinski definition) is 6. The molecule has 0 rings (SSSR count). The largest absolute Gasteiger partial charge is 0.460 e. The van der Waals surface area contributed by atoms with Gasteiger partial charge in [0.05, 0.1) is 19.8 Å². The fourth-order valence-corrected chi connectivity index (χ4v) is 1.06. The van der Waals surface area contributed by atoms with Crippen LogP contribution in [0.25, 0.3) is 0 Å². The summed E-state index contributed by atoms with van der Waals surface area (Å²) in [6.45, 7) is 4.04. The van der Waals surface area contributed by atoms with Crippen molar-refractivity contribution < 1.29 is 29.6 Å². The molecule has 0 saturated heterocycles. The van der Waals surface area contributed by atoms with E-state index in [-0.39, 0.29) is 32.8 Å². The molecule has 100 valence electrons. The second-order valence-corrected chi connectivity index (χ2v) is 3.45. The third-order valence-corrected chi connectivity index (χ3v) is 1.93. The number of ether oxygens (including phenoxy) is 2. The van der Waals surface area contributed by atoms with Gasteiger partial charge >= 0.3 is 5.97 Å². The Morgan fingerprint density at radius 2 is 1.94 bits per heavy atom. The highest BCUT2D eigenvalue weighted by Crippen LogP contribution is 2.08. The number of aliphatic hydroxyl groups is 3. The minimum absolute atomic E-state index is 0.0653. The van der Waals surface area contributed by atoms with Crippen molar-refractivity contribution in [1.29, 1.82) is 0 Å². The van der Waals surface area contributed by atoms with E-state index in [1.54, 1.807) is 0 Å². The van der Waals surface area contributed by atoms with Crippen molar-refractivity contribution in [1.82, 2.24) is 0 Å². The predicted molar refractivity (Wildman–Crippen MR) is 60.1 cm³/mol. The first-order valence-electron chi connectivity index (χ1n) is 5.47. The Bertz CT molecular complexity index is 226. The summed E-state index contributed by atoms with van der Waals surface area (Å²) in [5, 5.41) is 25.6. The Balaban J connectivity index is 3.51. The number of carbonyl (C=O) groups is 1. The zero-order valence-corrected chi connectivity index (χ0v) is 9.80. The summed E-state index contributed by atoms with van der Waals surface area (Å²) in [5.41, 5.74) is 0.299. The molecule has 0 unspecified atom stereocenters. The van der Waals surface area contributed by atoms with Crippen molar-refractivity contribution in [2.75, 3.05) is 26.4 Å². The van der Waals surface area contributed by atoms with Gasteiger partial charge in [-0.05, 0) is 19.3 Å². The fourth-order valence-electron chi connectivity index (χ4n) is 1.06. The highest BCUT2D eigenvalue weighted by atomic mass is 16.6. The second kappa shape index (κ2) is 10.2. The van der Waals surface area contributed by atoms with Gasteiger partial charge in [-0.15, -0.1) is 0 Å². The minimum atomic E-state index is -1.36. The average Bonchev–Trinajstić information content (AvgIpc) is 2.27. The molecule has 0 bridgehead atoms. The van der Waals surface area contributed by atoms with Gasteiger partial charge in [-0.2, -0.15) is 0 Å². The molecule has 3 N–H and O–H groups in total. The molecule has 0 aliphatic heterocycles. The lowest BCUT2D eigenvalue weighted by Crippen LogP contribution is -2.13. The van der Waals surface area contributed by atoms with Gasteiger partial charge in [-0.3, -0.25) is 0 Å². The van der Waals surface area contributed by atoms with Gasteiger partial charge < -0.3 is 24.8 Å². The zero-order chi connectivity index (χ0) is 13.1. The monoisotopic (exact) mass is 248 g/mol. The van der Waals surface area contributed by atoms with Gasteiger partial charge in [-0.1, -0.05) is 6.58 Å². The Hall–Kier alpha value is -0.950. The van der Waals surface area contributed by atoms with Crippen molar-refractivity contribution in [3.63, 3.8) is 0 Å². The maximum absolute atomic E-state index is 11.3. The topological polar surface area (TPSA) is 96.2 Å². The first-order chi connectivity index (χ1) is 8.07. The average molecular weight is 248 g/mol. The molecule has 0 saturated carbocycles. The van der Waals surface area contributed by atoms with Crippen molar-refractivity contribution in [3.05, 3.63) is 12.2 Å². The Morgan fingerprint density at radius 1 is 1.24 bits per heavy atom. The number of rotatable bonds is 10. The summed E-state index contributed by atoms with van der Waals surface area (Å²) in [6.07, 6.45) is -0.322. The molecule has 0 aliphatic carbocycles. The predicted octanol–water partition coefficient (Wildman–Crippen LogP) is -0.424. The van der Waals surface area contributed by atoms with Gasteiger partial charge in [0, 0.05) is 5.57 Å². The minimum Gasteiger partial charge on any atom is -0.460 e. The third kappa shape index (κ3) is 9.95. The van der Waals surface area contributed by atoms with Gasteiger partial charge in [0.25, 0.3) is 0 Å². The van der Waals surface area contributed by atoms with Crippen LogP contribution in [0.15, 0.2) is 12.2 Å². The SMILES string of the molecule is C=C(CCCC(O)O)C(=O)OCCOCCO. The van der Waals surface area contributed by atoms with Crippen molar-refractivity contribution in [2.24, 2.45) is 0 Å². The van der Waals surface area contributed by atoms with Crippen LogP contribution < -0.4 is 0 Å². The van der Waals surface area contributed by atoms with Crippen LogP contribution in [-0.4, -0.2) is 54.0 Å². The van der Waals surface area contributed by atoms with Gasteiger partial charge in [0.15, 0.2) is 6.29 Å². The maximum Gasteiger partial charge on any atom is 0.333 e. The quantitative estimate of drug-likeness (QED) is 0.210. The number of hydrogen-bond donors (Lipinski definition) is 3. The van der Waals surface area contributed by atoms with Crippen LogP contribution in [0.5, 0.6) is 0 Å². The summed E-state index contributed by atoms with van der Waals surface area (Å²) in [6, 6.07) is 0. The van der Waals surface area contributed by atoms with E-state index in [9.17, 15) is 4.79 Å². The van der Waals surface area contributed by atoms with E-state index in [1.165, 1.54) is 0 Å². The van der Waals surface area contributed by atoms with Crippen molar-refractivity contribution in [2.45, 2.75) is 25.6 Å². The molecule has 0 aliphatic rings. The summed E-state index contributed by atoms with van der Waals surface area (Å²) < 4.78 is 9.74. The lowest BCUT2D eigenvalue weighted by Gasteiger charge is -2.07. The molecule has 0 aromatic carbocycles. The van der Waals surface area contributed by atoms with Crippen molar-refractivity contribution in [3.8, 4) is 0 Å². The second-order valence-electron chi connectivity index (χ2n) is 3.45. The molecule has 0 aromatic rings. The van der Waals surface area contributed by atoms with Crippen molar-refractivity contribution >= 4 is 5.97 Å². The van der Waals surface area contributed by atoms with Gasteiger partial charge in [-0.25, -0.2) is 4.79 Å². The van der Waals surface area contributed by atoms with Crippen LogP contribution in [0.3, 0.4) is 0 Å². The van der Waals surface area contributed by atoms with Crippen LogP contribution >= 0.6 is 0 Å². The van der Waals surface area contributed by atoms with Crippen LogP contribution in [0.4, 0.5) is 0 Å². The van der Waals surface area contributed by atoms with Crippen LogP contribution in [-0.2, 0) is 14.3 Å². The number of aliphatic hydroxyl groups excluding tert-OH is 2. The van der Waals surface area contributed by atoms with Gasteiger partial charge in [0.2, 0.25) is 0 Å². The first-order valence-corrected chi connectivity index (χ1v) is 5.47. The summed E-state index contributed by atoms with van der Waals surface area (Å²) in [5.74, 6) is -0.509. The summed E-state index contributed by atoms with van der Waals surface area (Å²) in [4.78, 5) is 11.3. The highest BCUT2D eigenvalue weighted by Gasteiger charge is 2.08. The van der Waals surface area contributed by atoms with E-state index in [1.807, 2.05) is 0 Å². The molecule has 6 nitrogen and oxygen atoms in total. The smallest absolute Gasteiger partial charge is 0.333 e. The fraction of sp³-hybridized carbons (Fsp3) is 0.727. The molecule has 0 radical (unpaired) electrons. The molecule has 0 amide bonds. The Kier molecular flexibility index (Phi) is 9.65. The lowest BCUT2D eigenvalue weighted by molar-refractivity contribution is -0.140. The Labute approximate surface area is 100 Å². The summed E-state index contributed by atoms with van der Waals surface area (Å²) in [7, 11) is 0. The third-order valence-electron chi connectivity index (χ3n) is 1.93. The molecule has 0 aromatic heterocycles. The van der Waals surface area contributed by atoms with Crippen LogP contribution in [0.2, 0.25) is 0 Å². The summed E-state index contributed by atoms with van der Waals surface area (Å²) >= 11 is 0. The van der Waals surface area contributed by atoms with E-state index in [0.717, 1.165) is 0 Å². The van der Waals surface area contributed by atoms with E-state index >= 15 is 0 Å². The Morgan fingerprint density at radius 3 is 2.53 bits per heavy atom. The molecular weight excluding hydrogens is 228 g/mol. The number of esters is 1. The highest BCUT2D eigenvalue weighted by molar-refractivity contribution is 5.87. The molecule has 0 fully saturated rings. The molecule has 6 heteroatoms. The van der Waals surface area contributed by atoms with E-state index in [0.29, 0.717) is 18.4 Å². The molecule has 0 spiro atoms. The van der Waals surface area contributed by atoms with E-state index in [4.69, 9.17) is 24.8 Å².